The molecule has 0 spiro atoms. The molecule has 0 radical (unpaired) electrons. The Morgan fingerprint density at radius 2 is 1.90 bits per heavy atom. The molecule has 0 unspecified atom stereocenters. The summed E-state index contributed by atoms with van der Waals surface area (Å²) in [6, 6.07) is 13.7. The minimum atomic E-state index is -0.332. The minimum Gasteiger partial charge on any atom is -0.497 e. The number of rotatable bonds is 4. The van der Waals surface area contributed by atoms with Crippen molar-refractivity contribution in [3.05, 3.63) is 66.2 Å². The maximum Gasteiger partial charge on any atom is 0.255 e. The molecule has 1 N–H and O–H groups in total. The highest BCUT2D eigenvalue weighted by Gasteiger charge is 2.50. The number of allylic oxidation sites excluding steroid dienone is 2. The fraction of sp³-hybridized carbons (Fsp3) is 0.261. The molecule has 2 aromatic rings. The summed E-state index contributed by atoms with van der Waals surface area (Å²) in [6.45, 7) is 1.96. The topological polar surface area (TPSA) is 75.7 Å². The van der Waals surface area contributed by atoms with E-state index in [4.69, 9.17) is 4.74 Å². The number of amides is 3. The summed E-state index contributed by atoms with van der Waals surface area (Å²) in [4.78, 5) is 39.8. The van der Waals surface area contributed by atoms with Crippen LogP contribution in [0.25, 0.3) is 0 Å². The molecule has 2 aliphatic rings. The number of methoxy groups -OCH3 is 1. The van der Waals surface area contributed by atoms with Crippen molar-refractivity contribution >= 4 is 29.1 Å². The second-order valence-electron chi connectivity index (χ2n) is 7.40. The number of fused-ring (bicyclic) bond motifs is 1. The smallest absolute Gasteiger partial charge is 0.255 e. The van der Waals surface area contributed by atoms with Crippen molar-refractivity contribution in [1.29, 1.82) is 0 Å². The predicted molar refractivity (Wildman–Crippen MR) is 110 cm³/mol. The number of hydrogen-bond donors (Lipinski definition) is 1. The van der Waals surface area contributed by atoms with Gasteiger partial charge in [-0.3, -0.25) is 19.3 Å². The highest BCUT2D eigenvalue weighted by molar-refractivity contribution is 6.22. The van der Waals surface area contributed by atoms with Crippen LogP contribution in [0.4, 0.5) is 11.4 Å². The number of carbonyl (C=O) groups excluding carboxylic acids is 3. The molecular formula is C23H22N2O4. The molecule has 1 fully saturated rings. The van der Waals surface area contributed by atoms with Crippen LogP contribution in [0.2, 0.25) is 0 Å². The van der Waals surface area contributed by atoms with Crippen LogP contribution in [0.1, 0.15) is 23.7 Å². The zero-order valence-electron chi connectivity index (χ0n) is 16.3. The Bertz CT molecular complexity index is 1010. The van der Waals surface area contributed by atoms with Gasteiger partial charge in [0.15, 0.2) is 0 Å². The number of hydrogen-bond acceptors (Lipinski definition) is 4. The third kappa shape index (κ3) is 3.42. The zero-order valence-corrected chi connectivity index (χ0v) is 16.3. The van der Waals surface area contributed by atoms with Gasteiger partial charge in [0.1, 0.15) is 5.75 Å². The predicted octanol–water partition coefficient (Wildman–Crippen LogP) is 3.65. The summed E-state index contributed by atoms with van der Waals surface area (Å²) in [5, 5.41) is 2.81. The summed E-state index contributed by atoms with van der Waals surface area (Å²) in [5.41, 5.74) is 1.39. The molecule has 6 heteroatoms. The Morgan fingerprint density at radius 1 is 1.10 bits per heavy atom. The maximum atomic E-state index is 13.0. The number of nitrogens with zero attached hydrogens (tertiary/aromatic N) is 1. The molecule has 6 nitrogen and oxygen atoms in total. The van der Waals surface area contributed by atoms with Gasteiger partial charge in [-0.2, -0.15) is 0 Å². The fourth-order valence-corrected chi connectivity index (χ4v) is 4.09. The van der Waals surface area contributed by atoms with Crippen LogP contribution in [0, 0.1) is 17.8 Å². The van der Waals surface area contributed by atoms with Crippen LogP contribution in [-0.2, 0) is 9.59 Å². The van der Waals surface area contributed by atoms with Gasteiger partial charge < -0.3 is 10.1 Å². The van der Waals surface area contributed by atoms with Gasteiger partial charge in [-0.25, -0.2) is 0 Å². The molecule has 0 saturated carbocycles. The molecule has 4 rings (SSSR count). The third-order valence-corrected chi connectivity index (χ3v) is 5.57. The molecule has 1 saturated heterocycles. The molecule has 1 aliphatic heterocycles. The molecule has 2 aromatic carbocycles. The molecule has 29 heavy (non-hydrogen) atoms. The lowest BCUT2D eigenvalue weighted by Crippen LogP contribution is -2.31. The minimum absolute atomic E-state index is 0.0229. The van der Waals surface area contributed by atoms with Crippen LogP contribution < -0.4 is 15.0 Å². The average Bonchev–Trinajstić information content (AvgIpc) is 2.99. The van der Waals surface area contributed by atoms with Crippen LogP contribution in [0.3, 0.4) is 0 Å². The van der Waals surface area contributed by atoms with Crippen LogP contribution in [-0.4, -0.2) is 24.8 Å². The normalized spacial score (nSPS) is 23.1. The molecule has 3 amide bonds. The van der Waals surface area contributed by atoms with Crippen molar-refractivity contribution in [2.45, 2.75) is 13.3 Å². The number of imide groups is 1. The summed E-state index contributed by atoms with van der Waals surface area (Å²) >= 11 is 0. The standard InChI is InChI=1S/C23H22N2O4/c1-14-6-3-11-19-20(14)23(28)25(22(19)27)17-9-4-7-15(12-17)21(26)24-16-8-5-10-18(13-16)29-2/h3-10,12-14,19-20H,11H2,1-2H3,(H,24,26)/t14-,19+,20-/m0/s1. The Labute approximate surface area is 169 Å². The number of ether oxygens (including phenoxy) is 1. The van der Waals surface area contributed by atoms with E-state index in [0.717, 1.165) is 0 Å². The Balaban J connectivity index is 1.58. The van der Waals surface area contributed by atoms with E-state index in [1.54, 1.807) is 55.6 Å². The number of benzene rings is 2. The van der Waals surface area contributed by atoms with Gasteiger partial charge in [-0.05, 0) is 42.7 Å². The molecular weight excluding hydrogens is 368 g/mol. The second-order valence-corrected chi connectivity index (χ2v) is 7.40. The first-order chi connectivity index (χ1) is 14.0. The summed E-state index contributed by atoms with van der Waals surface area (Å²) < 4.78 is 5.17. The Morgan fingerprint density at radius 3 is 2.66 bits per heavy atom. The molecule has 1 aliphatic carbocycles. The molecule has 0 bridgehead atoms. The van der Waals surface area contributed by atoms with E-state index >= 15 is 0 Å². The van der Waals surface area contributed by atoms with Crippen molar-refractivity contribution in [3.8, 4) is 5.75 Å². The number of carbonyl (C=O) groups is 3. The van der Waals surface area contributed by atoms with Gasteiger partial charge >= 0.3 is 0 Å². The van der Waals surface area contributed by atoms with Crippen LogP contribution >= 0.6 is 0 Å². The monoisotopic (exact) mass is 390 g/mol. The Kier molecular flexibility index (Phi) is 4.92. The van der Waals surface area contributed by atoms with Gasteiger partial charge in [-0.1, -0.05) is 31.2 Å². The van der Waals surface area contributed by atoms with E-state index in [-0.39, 0.29) is 35.5 Å². The lowest BCUT2D eigenvalue weighted by molar-refractivity contribution is -0.122. The summed E-state index contributed by atoms with van der Waals surface area (Å²) in [5.74, 6) is -0.709. The van der Waals surface area contributed by atoms with E-state index in [9.17, 15) is 14.4 Å². The van der Waals surface area contributed by atoms with E-state index in [0.29, 0.717) is 29.1 Å². The first kappa shape index (κ1) is 18.9. The quantitative estimate of drug-likeness (QED) is 0.639. The molecule has 1 heterocycles. The SMILES string of the molecule is COc1cccc(NC(=O)c2cccc(N3C(=O)[C@H]4[C@@H](C)C=CC[C@H]4C3=O)c2)c1. The van der Waals surface area contributed by atoms with Gasteiger partial charge in [-0.15, -0.1) is 0 Å². The molecule has 0 aromatic heterocycles. The van der Waals surface area contributed by atoms with Gasteiger partial charge in [0, 0.05) is 17.3 Å². The molecule has 148 valence electrons. The first-order valence-electron chi connectivity index (χ1n) is 9.59. The van der Waals surface area contributed by atoms with Crippen molar-refractivity contribution in [2.75, 3.05) is 17.3 Å². The first-order valence-corrected chi connectivity index (χ1v) is 9.59. The highest BCUT2D eigenvalue weighted by atomic mass is 16.5. The third-order valence-electron chi connectivity index (χ3n) is 5.57. The van der Waals surface area contributed by atoms with E-state index in [1.807, 2.05) is 19.1 Å². The van der Waals surface area contributed by atoms with E-state index in [1.165, 1.54) is 4.90 Å². The Hall–Kier alpha value is -3.41. The van der Waals surface area contributed by atoms with Crippen LogP contribution in [0.15, 0.2) is 60.7 Å². The number of nitrogens with one attached hydrogen (secondary N) is 1. The van der Waals surface area contributed by atoms with Crippen LogP contribution in [0.5, 0.6) is 5.75 Å². The van der Waals surface area contributed by atoms with Crippen molar-refractivity contribution in [2.24, 2.45) is 17.8 Å². The van der Waals surface area contributed by atoms with E-state index in [2.05, 4.69) is 5.32 Å². The lowest BCUT2D eigenvalue weighted by Gasteiger charge is -2.22. The fourth-order valence-electron chi connectivity index (χ4n) is 4.09. The number of anilines is 2. The lowest BCUT2D eigenvalue weighted by atomic mass is 9.78. The van der Waals surface area contributed by atoms with Crippen molar-refractivity contribution in [1.82, 2.24) is 0 Å². The summed E-state index contributed by atoms with van der Waals surface area (Å²) in [7, 11) is 1.56. The largest absolute Gasteiger partial charge is 0.497 e. The van der Waals surface area contributed by atoms with Gasteiger partial charge in [0.2, 0.25) is 11.8 Å². The van der Waals surface area contributed by atoms with E-state index < -0.39 is 0 Å². The second kappa shape index (κ2) is 7.54. The average molecular weight is 390 g/mol. The van der Waals surface area contributed by atoms with Gasteiger partial charge in [0.25, 0.3) is 5.91 Å². The van der Waals surface area contributed by atoms with Crippen molar-refractivity contribution in [3.63, 3.8) is 0 Å². The van der Waals surface area contributed by atoms with Crippen molar-refractivity contribution < 1.29 is 19.1 Å². The maximum absolute atomic E-state index is 13.0. The highest BCUT2D eigenvalue weighted by Crippen LogP contribution is 2.40. The van der Waals surface area contributed by atoms with Gasteiger partial charge in [0.05, 0.1) is 24.6 Å². The zero-order chi connectivity index (χ0) is 20.5. The summed E-state index contributed by atoms with van der Waals surface area (Å²) in [6.07, 6.45) is 4.54. The molecule has 3 atom stereocenters.